The van der Waals surface area contributed by atoms with E-state index in [4.69, 9.17) is 95.0 Å². The summed E-state index contributed by atoms with van der Waals surface area (Å²) in [7, 11) is -5.41. The standard InChI is InChI=1S/C105H187ClO19Si6/c1-33-129(34-2,35-3)122-95-73-105(119-91(95)65-68-116-126(27,28)101(13,14)15)79(12)63-66-104(125-105)72-96(112-26)97(106)92(118-104)61-46-78(11)98(123-130(36-4,37-5)38-6)100(124-131(39-7,40-8)41-9)99(115-76-82-51-59-86(110-24)60-52-82)93(111-25)62-54-83(107)53-45-77(10)94(114-75-81-49-57-85(109-23)58-50-81)71-90(121-128(31,32)103(19,20)21)70-89(120-127(29,30)102(16,17)18)69-88-44-42-43-87(117-88)64-67-113-74-80-47-55-84(108-22)56-48-80/h47-52,55-60,77-79,83,87-100,107H,33-44,46,54,61-76H2,1-32H3/t77-,78-,79-,83?,87+,88-,89+,90-,91-,92+,93-,94+,95-,96+,97+,98-,99-,100-,104+,105+/m0/s1. The van der Waals surface area contributed by atoms with E-state index in [1.54, 1.807) is 35.5 Å². The Bertz CT molecular complexity index is 3760. The minimum atomic E-state index is -2.56. The molecule has 4 aliphatic heterocycles. The first kappa shape index (κ1) is 116. The Morgan fingerprint density at radius 2 is 0.992 bits per heavy atom. The SMILES string of the molecule is CC[Si](CC)(CC)O[C@H]([C@@H](OCc1ccc(OC)cc1)[C@H](CCC(O)C#C[C@H](C)[C@@H](C[C@H](C[C@@H](C[C@@H]1CCC[C@H](CCOCc2ccc(OC)cc2)O1)O[Si](C)(C)C(C)(C)C)O[Si](C)(C)C(C)(C)C)OCc1ccc(OC)cc1)OC)[C@@H](O[Si](CC)(CC)CC)[C@@H](C)CC[C@H]1O[C@@]2(CC[C@H](C)[C@@]3(C[C@H](O[Si](CC)(CC)CC)[C@H](CCO[Si](C)(C)C(C)(C)C)O3)O2)C[C@@H](OC)[C@@H]1Cl. The van der Waals surface area contributed by atoms with Gasteiger partial charge in [0.2, 0.25) is 0 Å². The number of aliphatic hydroxyl groups excluding tert-OH is 1. The summed E-state index contributed by atoms with van der Waals surface area (Å²) in [6, 6.07) is 32.9. The van der Waals surface area contributed by atoms with E-state index < -0.39 is 110 Å². The molecule has 4 heterocycles. The molecule has 0 aliphatic carbocycles. The van der Waals surface area contributed by atoms with Gasteiger partial charge in [0.05, 0.1) is 108 Å². The number of benzene rings is 3. The summed E-state index contributed by atoms with van der Waals surface area (Å²) in [5.41, 5.74) is 3.10. The number of aliphatic hydroxyl groups is 1. The van der Waals surface area contributed by atoms with Crippen LogP contribution < -0.4 is 14.2 Å². The van der Waals surface area contributed by atoms with Crippen LogP contribution in [0.1, 0.15) is 265 Å². The van der Waals surface area contributed by atoms with Crippen molar-refractivity contribution in [3.05, 3.63) is 89.5 Å². The molecule has 0 saturated carbocycles. The lowest BCUT2D eigenvalue weighted by molar-refractivity contribution is -0.414. The molecular formula is C105H187ClO19Si6. The van der Waals surface area contributed by atoms with Gasteiger partial charge >= 0.3 is 0 Å². The van der Waals surface area contributed by atoms with E-state index in [1.807, 2.05) is 36.4 Å². The Labute approximate surface area is 808 Å². The fourth-order valence-corrected chi connectivity index (χ4v) is 31.9. The molecule has 0 bridgehead atoms. The molecule has 0 radical (unpaired) electrons. The van der Waals surface area contributed by atoms with E-state index in [-0.39, 0.29) is 88.6 Å². The van der Waals surface area contributed by atoms with Crippen LogP contribution in [0.3, 0.4) is 0 Å². The summed E-state index contributed by atoms with van der Waals surface area (Å²) in [4.78, 5) is 0. The normalized spacial score (nSPS) is 24.7. The van der Waals surface area contributed by atoms with Gasteiger partial charge in [-0.2, -0.15) is 0 Å². The van der Waals surface area contributed by atoms with Crippen molar-refractivity contribution in [2.75, 3.05) is 48.8 Å². The van der Waals surface area contributed by atoms with Gasteiger partial charge in [-0.05, 0) is 258 Å². The van der Waals surface area contributed by atoms with E-state index >= 15 is 0 Å². The highest BCUT2D eigenvalue weighted by atomic mass is 35.5. The number of hydrogen-bond donors (Lipinski definition) is 1. The summed E-state index contributed by atoms with van der Waals surface area (Å²) >= 11 is 7.81. The quantitative estimate of drug-likeness (QED) is 0.0243. The van der Waals surface area contributed by atoms with Crippen LogP contribution in [0.15, 0.2) is 72.8 Å². The molecule has 19 nitrogen and oxygen atoms in total. The van der Waals surface area contributed by atoms with Gasteiger partial charge in [0.15, 0.2) is 61.5 Å². The molecular weight excluding hydrogens is 1770 g/mol. The van der Waals surface area contributed by atoms with Gasteiger partial charge in [-0.25, -0.2) is 0 Å². The van der Waals surface area contributed by atoms with Crippen molar-refractivity contribution in [2.24, 2.45) is 17.8 Å². The van der Waals surface area contributed by atoms with Crippen molar-refractivity contribution < 1.29 is 88.5 Å². The van der Waals surface area contributed by atoms with Crippen LogP contribution in [0.25, 0.3) is 0 Å². The molecule has 4 aliphatic rings. The van der Waals surface area contributed by atoms with E-state index in [9.17, 15) is 5.11 Å². The van der Waals surface area contributed by atoms with E-state index in [0.717, 1.165) is 133 Å². The molecule has 2 spiro atoms. The van der Waals surface area contributed by atoms with Crippen LogP contribution in [-0.4, -0.2) is 206 Å². The molecule has 7 rings (SSSR count). The molecule has 26 heteroatoms. The largest absolute Gasteiger partial charge is 0.497 e. The number of ether oxygens (including phenoxy) is 12. The highest BCUT2D eigenvalue weighted by Crippen LogP contribution is 2.55. The maximum atomic E-state index is 12.7. The molecule has 4 fully saturated rings. The maximum absolute atomic E-state index is 12.7. The summed E-state index contributed by atoms with van der Waals surface area (Å²) in [6.45, 7) is 64.8. The Kier molecular flexibility index (Phi) is 46.2. The zero-order valence-corrected chi connectivity index (χ0v) is 95.0. The molecule has 0 aromatic heterocycles. The lowest BCUT2D eigenvalue weighted by Gasteiger charge is -2.54. The lowest BCUT2D eigenvalue weighted by Crippen LogP contribution is -2.61. The van der Waals surface area contributed by atoms with Gasteiger partial charge in [-0.1, -0.05) is 187 Å². The number of rotatable bonds is 56. The number of halogens is 1. The molecule has 20 atom stereocenters. The predicted molar refractivity (Wildman–Crippen MR) is 551 cm³/mol. The minimum absolute atomic E-state index is 0.0116. The summed E-state index contributed by atoms with van der Waals surface area (Å²) in [6.07, 6.45) is 5.84. The molecule has 3 aromatic rings. The van der Waals surface area contributed by atoms with E-state index in [0.29, 0.717) is 77.8 Å². The van der Waals surface area contributed by atoms with Crippen LogP contribution in [0.2, 0.25) is 109 Å². The van der Waals surface area contributed by atoms with Crippen LogP contribution in [-0.2, 0) is 89.0 Å². The molecule has 4 saturated heterocycles. The average molecular weight is 1960 g/mol. The molecule has 752 valence electrons. The van der Waals surface area contributed by atoms with Gasteiger partial charge in [0, 0.05) is 70.7 Å². The van der Waals surface area contributed by atoms with Crippen LogP contribution in [0.5, 0.6) is 17.2 Å². The number of methoxy groups -OCH3 is 5. The van der Waals surface area contributed by atoms with Gasteiger partial charge < -0.3 is 88.5 Å². The molecule has 131 heavy (non-hydrogen) atoms. The van der Waals surface area contributed by atoms with E-state index in [2.05, 4.69) is 233 Å². The second kappa shape index (κ2) is 52.4. The van der Waals surface area contributed by atoms with Crippen molar-refractivity contribution >= 4 is 61.5 Å². The molecule has 1 N–H and O–H groups in total. The second-order valence-electron chi connectivity index (χ2n) is 43.7. The fraction of sp³-hybridized carbons (Fsp3) is 0.810. The third-order valence-electron chi connectivity index (χ3n) is 32.2. The average Bonchev–Trinajstić information content (AvgIpc) is 1.62. The first-order valence-corrected chi connectivity index (χ1v) is 67.8. The minimum Gasteiger partial charge on any atom is -0.497 e. The lowest BCUT2D eigenvalue weighted by atomic mass is 9.82. The number of hydrogen-bond acceptors (Lipinski definition) is 19. The highest BCUT2D eigenvalue weighted by molar-refractivity contribution is 6.76. The van der Waals surface area contributed by atoms with Gasteiger partial charge in [-0.15, -0.1) is 11.6 Å². The highest BCUT2D eigenvalue weighted by Gasteiger charge is 2.62. The molecule has 0 amide bonds. The Balaban J connectivity index is 1.24. The third kappa shape index (κ3) is 32.8. The monoisotopic (exact) mass is 1960 g/mol. The smallest absolute Gasteiger partial charge is 0.192 e. The first-order chi connectivity index (χ1) is 61.7. The fourth-order valence-electron chi connectivity index (χ4n) is 19.0. The zero-order chi connectivity index (χ0) is 97.2. The van der Waals surface area contributed by atoms with Crippen molar-refractivity contribution in [1.29, 1.82) is 0 Å². The predicted octanol–water partition coefficient (Wildman–Crippen LogP) is 26.5. The Morgan fingerprint density at radius 3 is 1.49 bits per heavy atom. The van der Waals surface area contributed by atoms with Crippen LogP contribution in [0.4, 0.5) is 0 Å². The molecule has 3 aromatic carbocycles. The third-order valence-corrected chi connectivity index (χ3v) is 60.3. The van der Waals surface area contributed by atoms with Gasteiger partial charge in [0.25, 0.3) is 0 Å². The van der Waals surface area contributed by atoms with Gasteiger partial charge in [-0.3, -0.25) is 0 Å². The van der Waals surface area contributed by atoms with Crippen molar-refractivity contribution in [3.63, 3.8) is 0 Å². The first-order valence-electron chi connectivity index (χ1n) is 51.0. The van der Waals surface area contributed by atoms with Gasteiger partial charge in [0.1, 0.15) is 29.5 Å². The van der Waals surface area contributed by atoms with Crippen molar-refractivity contribution in [3.8, 4) is 29.1 Å². The van der Waals surface area contributed by atoms with Crippen molar-refractivity contribution in [2.45, 2.75) is 479 Å². The maximum Gasteiger partial charge on any atom is 0.192 e. The number of alkyl halides is 1. The topological polar surface area (TPSA) is 186 Å². The second-order valence-corrected chi connectivity index (χ2v) is 72.7. The summed E-state index contributed by atoms with van der Waals surface area (Å²) in [5.74, 6) is 7.06. The van der Waals surface area contributed by atoms with Crippen LogP contribution in [0, 0.1) is 29.6 Å². The zero-order valence-electron chi connectivity index (χ0n) is 88.2. The molecule has 1 unspecified atom stereocenters. The van der Waals surface area contributed by atoms with Crippen molar-refractivity contribution in [1.82, 2.24) is 0 Å². The summed E-state index contributed by atoms with van der Waals surface area (Å²) < 4.78 is 127. The van der Waals surface area contributed by atoms with Crippen LogP contribution >= 0.6 is 11.6 Å². The van der Waals surface area contributed by atoms with E-state index in [1.165, 1.54) is 0 Å². The Morgan fingerprint density at radius 1 is 0.496 bits per heavy atom. The Hall–Kier alpha value is -2.43. The summed E-state index contributed by atoms with van der Waals surface area (Å²) in [5, 5.41) is 12.2.